The fourth-order valence-electron chi connectivity index (χ4n) is 0.533. The molecular formula is C4H4N2O5S. The number of nitrogens with zero attached hydrogens (tertiary/aromatic N) is 1. The highest BCUT2D eigenvalue weighted by atomic mass is 32.2. The fourth-order valence-corrected chi connectivity index (χ4v) is 0.787. The minimum Gasteiger partial charge on any atom is -0.281 e. The third-order valence-electron chi connectivity index (χ3n) is 0.936. The van der Waals surface area contributed by atoms with Crippen LogP contribution in [0.15, 0.2) is 21.9 Å². The zero-order valence-electron chi connectivity index (χ0n) is 5.59. The van der Waals surface area contributed by atoms with Crippen LogP contribution in [0.2, 0.25) is 0 Å². The molecule has 1 atom stereocenters. The van der Waals surface area contributed by atoms with E-state index in [1.165, 1.54) is 0 Å². The van der Waals surface area contributed by atoms with E-state index in [9.17, 15) is 13.8 Å². The van der Waals surface area contributed by atoms with Crippen molar-refractivity contribution in [3.05, 3.63) is 33.1 Å². The molecule has 0 aromatic carbocycles. The highest BCUT2D eigenvalue weighted by Gasteiger charge is 1.99. The molecule has 1 aromatic rings. The van der Waals surface area contributed by atoms with Gasteiger partial charge in [0.15, 0.2) is 0 Å². The number of hydrogen-bond acceptors (Lipinski definition) is 4. The lowest BCUT2D eigenvalue weighted by atomic mass is 10.7. The Bertz CT molecular complexity index is 406. The van der Waals surface area contributed by atoms with Crippen LogP contribution in [-0.4, -0.2) is 18.5 Å². The predicted molar refractivity (Wildman–Crippen MR) is 38.7 cm³/mol. The van der Waals surface area contributed by atoms with Crippen LogP contribution in [0.3, 0.4) is 0 Å². The summed E-state index contributed by atoms with van der Waals surface area (Å²) >= 11 is -2.59. The Morgan fingerprint density at radius 3 is 2.75 bits per heavy atom. The number of hydrogen-bond donors (Lipinski definition) is 2. The molecule has 66 valence electrons. The Hall–Kier alpha value is -1.41. The molecule has 7 nitrogen and oxygen atoms in total. The smallest absolute Gasteiger partial charge is 0.281 e. The van der Waals surface area contributed by atoms with Crippen molar-refractivity contribution >= 4 is 11.4 Å². The summed E-state index contributed by atoms with van der Waals surface area (Å²) in [6, 6.07) is 0.980. The monoisotopic (exact) mass is 192 g/mol. The molecule has 0 saturated carbocycles. The van der Waals surface area contributed by atoms with Gasteiger partial charge in [0.1, 0.15) is 0 Å². The molecule has 2 N–H and O–H groups in total. The van der Waals surface area contributed by atoms with Gasteiger partial charge in [-0.1, -0.05) is 0 Å². The highest BCUT2D eigenvalue weighted by molar-refractivity contribution is 7.74. The van der Waals surface area contributed by atoms with E-state index in [0.29, 0.717) is 4.73 Å². The van der Waals surface area contributed by atoms with Crippen LogP contribution in [-0.2, 0) is 11.4 Å². The second kappa shape index (κ2) is 3.32. The van der Waals surface area contributed by atoms with Gasteiger partial charge in [-0.05, 0) is 0 Å². The Kier molecular flexibility index (Phi) is 2.41. The Morgan fingerprint density at radius 2 is 2.25 bits per heavy atom. The van der Waals surface area contributed by atoms with Gasteiger partial charge in [-0.25, -0.2) is 4.79 Å². The quantitative estimate of drug-likeness (QED) is 0.533. The van der Waals surface area contributed by atoms with E-state index in [4.69, 9.17) is 4.55 Å². The first-order valence-electron chi connectivity index (χ1n) is 2.71. The topological polar surface area (TPSA) is 101 Å². The summed E-state index contributed by atoms with van der Waals surface area (Å²) in [6.45, 7) is 0. The van der Waals surface area contributed by atoms with Crippen molar-refractivity contribution < 1.29 is 13.0 Å². The van der Waals surface area contributed by atoms with Gasteiger partial charge in [0.2, 0.25) is 0 Å². The standard InChI is InChI=1S/C4H4N2O5S/c7-3-1-2-6(4(8)5-3)11-12(9)10/h1-2H,(H,9,10)(H,5,7,8). The second-order valence-electron chi connectivity index (χ2n) is 1.73. The lowest BCUT2D eigenvalue weighted by molar-refractivity contribution is 0.253. The molecule has 0 aliphatic carbocycles. The molecule has 0 amide bonds. The molecule has 1 unspecified atom stereocenters. The molecule has 0 aliphatic rings. The van der Waals surface area contributed by atoms with Gasteiger partial charge in [-0.2, -0.15) is 4.21 Å². The van der Waals surface area contributed by atoms with Crippen molar-refractivity contribution in [1.29, 1.82) is 0 Å². The molecule has 1 rings (SSSR count). The van der Waals surface area contributed by atoms with Crippen LogP contribution >= 0.6 is 0 Å². The average Bonchev–Trinajstić information content (AvgIpc) is 1.94. The molecule has 0 aliphatic heterocycles. The van der Waals surface area contributed by atoms with Crippen molar-refractivity contribution in [1.82, 2.24) is 9.71 Å². The van der Waals surface area contributed by atoms with E-state index in [1.54, 1.807) is 0 Å². The van der Waals surface area contributed by atoms with E-state index >= 15 is 0 Å². The van der Waals surface area contributed by atoms with Crippen molar-refractivity contribution in [2.24, 2.45) is 0 Å². The molecule has 12 heavy (non-hydrogen) atoms. The Balaban J connectivity index is 3.10. The van der Waals surface area contributed by atoms with Crippen LogP contribution in [0.1, 0.15) is 0 Å². The van der Waals surface area contributed by atoms with Crippen LogP contribution in [0.4, 0.5) is 0 Å². The van der Waals surface area contributed by atoms with Gasteiger partial charge in [0, 0.05) is 6.07 Å². The number of aromatic amines is 1. The van der Waals surface area contributed by atoms with Gasteiger partial charge >= 0.3 is 17.1 Å². The normalized spacial score (nSPS) is 12.4. The maximum absolute atomic E-state index is 10.7. The maximum atomic E-state index is 10.7. The minimum absolute atomic E-state index is 0.442. The van der Waals surface area contributed by atoms with Gasteiger partial charge < -0.3 is 0 Å². The SMILES string of the molecule is O=c1ccn(OS(=O)O)c(=O)[nH]1. The van der Waals surface area contributed by atoms with Crippen LogP contribution < -0.4 is 15.5 Å². The molecule has 1 heterocycles. The molecular weight excluding hydrogens is 188 g/mol. The van der Waals surface area contributed by atoms with Crippen LogP contribution in [0.5, 0.6) is 0 Å². The second-order valence-corrected chi connectivity index (χ2v) is 2.31. The van der Waals surface area contributed by atoms with Gasteiger partial charge in [0.05, 0.1) is 6.20 Å². The minimum atomic E-state index is -2.59. The van der Waals surface area contributed by atoms with Gasteiger partial charge in [-0.15, -0.1) is 4.73 Å². The largest absolute Gasteiger partial charge is 0.377 e. The molecule has 0 fully saturated rings. The lowest BCUT2D eigenvalue weighted by Crippen LogP contribution is -2.33. The number of nitrogens with one attached hydrogen (secondary N) is 1. The predicted octanol–water partition coefficient (Wildman–Crippen LogP) is -1.90. The first kappa shape index (κ1) is 8.68. The molecule has 8 heteroatoms. The summed E-state index contributed by atoms with van der Waals surface area (Å²) in [5, 5.41) is 0. The van der Waals surface area contributed by atoms with E-state index in [0.717, 1.165) is 12.3 Å². The molecule has 0 radical (unpaired) electrons. The number of H-pyrrole nitrogens is 1. The molecule has 1 aromatic heterocycles. The van der Waals surface area contributed by atoms with Gasteiger partial charge in [-0.3, -0.25) is 18.6 Å². The third-order valence-corrected chi connectivity index (χ3v) is 1.22. The highest BCUT2D eigenvalue weighted by Crippen LogP contribution is 1.72. The lowest BCUT2D eigenvalue weighted by Gasteiger charge is -1.98. The van der Waals surface area contributed by atoms with Crippen molar-refractivity contribution in [3.63, 3.8) is 0 Å². The summed E-state index contributed by atoms with van der Waals surface area (Å²) in [5.41, 5.74) is -1.52. The number of aromatic nitrogens is 2. The van der Waals surface area contributed by atoms with Crippen molar-refractivity contribution in [2.75, 3.05) is 0 Å². The van der Waals surface area contributed by atoms with Gasteiger partial charge in [0.25, 0.3) is 5.56 Å². The first-order chi connectivity index (χ1) is 5.59. The zero-order chi connectivity index (χ0) is 9.14. The summed E-state index contributed by atoms with van der Waals surface area (Å²) < 4.78 is 22.7. The van der Waals surface area contributed by atoms with Crippen molar-refractivity contribution in [2.45, 2.75) is 0 Å². The van der Waals surface area contributed by atoms with E-state index in [2.05, 4.69) is 4.28 Å². The zero-order valence-corrected chi connectivity index (χ0v) is 6.41. The van der Waals surface area contributed by atoms with E-state index in [1.807, 2.05) is 4.98 Å². The Labute approximate surface area is 68.1 Å². The van der Waals surface area contributed by atoms with Crippen LogP contribution in [0.25, 0.3) is 0 Å². The van der Waals surface area contributed by atoms with E-state index in [-0.39, 0.29) is 0 Å². The van der Waals surface area contributed by atoms with Crippen LogP contribution in [0, 0.1) is 0 Å². The number of rotatable bonds is 2. The summed E-state index contributed by atoms with van der Waals surface area (Å²) in [6.07, 6.45) is 0.940. The summed E-state index contributed by atoms with van der Waals surface area (Å²) in [7, 11) is 0. The third kappa shape index (κ3) is 2.04. The molecule has 0 bridgehead atoms. The first-order valence-corrected chi connectivity index (χ1v) is 3.74. The fraction of sp³-hybridized carbons (Fsp3) is 0. The average molecular weight is 192 g/mol. The van der Waals surface area contributed by atoms with E-state index < -0.39 is 22.6 Å². The molecule has 0 spiro atoms. The van der Waals surface area contributed by atoms with Crippen molar-refractivity contribution in [3.8, 4) is 0 Å². The summed E-state index contributed by atoms with van der Waals surface area (Å²) in [5.74, 6) is 0. The molecule has 0 saturated heterocycles. The maximum Gasteiger partial charge on any atom is 0.377 e. The summed E-state index contributed by atoms with van der Waals surface area (Å²) in [4.78, 5) is 23.0. The Morgan fingerprint density at radius 1 is 1.58 bits per heavy atom.